The van der Waals surface area contributed by atoms with Gasteiger partial charge < -0.3 is 19.5 Å². The van der Waals surface area contributed by atoms with Gasteiger partial charge in [-0.25, -0.2) is 4.79 Å². The fraction of sp³-hybridized carbons (Fsp3) is 0.333. The number of nitrogens with zero attached hydrogens (tertiary/aromatic N) is 1. The van der Waals surface area contributed by atoms with E-state index in [0.29, 0.717) is 12.4 Å². The zero-order valence-electron chi connectivity index (χ0n) is 17.0. The highest BCUT2D eigenvalue weighted by atomic mass is 16.6. The Kier molecular flexibility index (Phi) is 8.16. The predicted molar refractivity (Wildman–Crippen MR) is 110 cm³/mol. The lowest BCUT2D eigenvalue weighted by Gasteiger charge is -2.15. The molecule has 9 heteroatoms. The van der Waals surface area contributed by atoms with Gasteiger partial charge in [-0.1, -0.05) is 13.3 Å². The lowest BCUT2D eigenvalue weighted by Crippen LogP contribution is -2.30. The van der Waals surface area contributed by atoms with Crippen molar-refractivity contribution in [2.24, 2.45) is 0 Å². The number of anilines is 1. The molecule has 2 aromatic carbocycles. The summed E-state index contributed by atoms with van der Waals surface area (Å²) in [6.07, 6.45) is 0.865. The number of nitrogens with one attached hydrogen (secondary N) is 1. The maximum atomic E-state index is 12.4. The summed E-state index contributed by atoms with van der Waals surface area (Å²) >= 11 is 0. The molecule has 0 aromatic heterocycles. The third-order valence-corrected chi connectivity index (χ3v) is 4.16. The topological polar surface area (TPSA) is 117 Å². The highest BCUT2D eigenvalue weighted by Crippen LogP contribution is 2.29. The first kappa shape index (κ1) is 22.7. The number of unbranched alkanes of at least 4 members (excludes halogenated alkanes) is 1. The number of non-ortho nitro benzene ring substituents is 1. The van der Waals surface area contributed by atoms with Crippen molar-refractivity contribution in [3.63, 3.8) is 0 Å². The molecule has 1 amide bonds. The van der Waals surface area contributed by atoms with Crippen LogP contribution in [-0.4, -0.2) is 36.6 Å². The molecule has 160 valence electrons. The van der Waals surface area contributed by atoms with Crippen molar-refractivity contribution in [1.29, 1.82) is 0 Å². The van der Waals surface area contributed by atoms with Crippen molar-refractivity contribution in [2.45, 2.75) is 32.8 Å². The van der Waals surface area contributed by atoms with Crippen LogP contribution >= 0.6 is 0 Å². The van der Waals surface area contributed by atoms with Crippen molar-refractivity contribution in [3.05, 3.63) is 58.1 Å². The highest BCUT2D eigenvalue weighted by molar-refractivity contribution is 5.98. The van der Waals surface area contributed by atoms with Gasteiger partial charge in [-0.15, -0.1) is 0 Å². The first-order valence-corrected chi connectivity index (χ1v) is 9.42. The van der Waals surface area contributed by atoms with Crippen LogP contribution < -0.4 is 14.8 Å². The average molecular weight is 416 g/mol. The van der Waals surface area contributed by atoms with Gasteiger partial charge in [-0.2, -0.15) is 0 Å². The number of hydrogen-bond acceptors (Lipinski definition) is 7. The van der Waals surface area contributed by atoms with E-state index in [1.807, 2.05) is 0 Å². The van der Waals surface area contributed by atoms with Crippen LogP contribution in [0.1, 0.15) is 37.0 Å². The van der Waals surface area contributed by atoms with Crippen molar-refractivity contribution < 1.29 is 28.7 Å². The fourth-order valence-electron chi connectivity index (χ4n) is 2.43. The summed E-state index contributed by atoms with van der Waals surface area (Å²) in [6, 6.07) is 10.2. The Bertz CT molecular complexity index is 897. The molecular weight excluding hydrogens is 392 g/mol. The zero-order chi connectivity index (χ0) is 22.1. The van der Waals surface area contributed by atoms with Crippen LogP contribution in [0.15, 0.2) is 42.5 Å². The van der Waals surface area contributed by atoms with Crippen LogP contribution in [0.4, 0.5) is 11.4 Å². The standard InChI is InChI=1S/C21H24N2O7/c1-4-5-12-29-17-9-6-15(7-10-17)21(25)30-14(2)20(24)22-18-11-8-16(23(26)27)13-19(18)28-3/h6-11,13-14H,4-5,12H2,1-3H3,(H,22,24)/t14-/m1/s1. The number of benzene rings is 2. The third-order valence-electron chi connectivity index (χ3n) is 4.16. The molecule has 0 unspecified atom stereocenters. The van der Waals surface area contributed by atoms with E-state index in [1.54, 1.807) is 24.3 Å². The number of esters is 1. The lowest BCUT2D eigenvalue weighted by molar-refractivity contribution is -0.384. The Balaban J connectivity index is 1.97. The Morgan fingerprint density at radius 1 is 1.17 bits per heavy atom. The van der Waals surface area contributed by atoms with Crippen LogP contribution in [0.2, 0.25) is 0 Å². The number of carbonyl (C=O) groups excluding carboxylic acids is 2. The first-order valence-electron chi connectivity index (χ1n) is 9.42. The average Bonchev–Trinajstić information content (AvgIpc) is 2.74. The van der Waals surface area contributed by atoms with E-state index in [-0.39, 0.29) is 22.7 Å². The van der Waals surface area contributed by atoms with Crippen LogP contribution in [0.25, 0.3) is 0 Å². The van der Waals surface area contributed by atoms with E-state index in [0.717, 1.165) is 12.8 Å². The van der Waals surface area contributed by atoms with Gasteiger partial charge in [-0.3, -0.25) is 14.9 Å². The summed E-state index contributed by atoms with van der Waals surface area (Å²) in [5, 5.41) is 13.4. The monoisotopic (exact) mass is 416 g/mol. The molecule has 0 heterocycles. The Morgan fingerprint density at radius 2 is 1.87 bits per heavy atom. The van der Waals surface area contributed by atoms with Gasteiger partial charge in [0.15, 0.2) is 6.10 Å². The van der Waals surface area contributed by atoms with Crippen LogP contribution in [0, 0.1) is 10.1 Å². The van der Waals surface area contributed by atoms with Gasteiger partial charge in [0.2, 0.25) is 0 Å². The number of amides is 1. The predicted octanol–water partition coefficient (Wildman–Crippen LogP) is 3.97. The summed E-state index contributed by atoms with van der Waals surface area (Å²) in [5.74, 6) is -0.491. The molecule has 0 saturated heterocycles. The second-order valence-corrected chi connectivity index (χ2v) is 6.40. The molecule has 0 radical (unpaired) electrons. The van der Waals surface area contributed by atoms with Crippen molar-refractivity contribution in [1.82, 2.24) is 0 Å². The number of carbonyl (C=O) groups is 2. The second-order valence-electron chi connectivity index (χ2n) is 6.40. The minimum absolute atomic E-state index is 0.120. The van der Waals surface area contributed by atoms with Gasteiger partial charge in [0.1, 0.15) is 11.5 Å². The van der Waals surface area contributed by atoms with Crippen LogP contribution in [0.5, 0.6) is 11.5 Å². The molecule has 0 saturated carbocycles. The molecule has 0 spiro atoms. The maximum Gasteiger partial charge on any atom is 0.338 e. The number of ether oxygens (including phenoxy) is 3. The van der Waals surface area contributed by atoms with Gasteiger partial charge in [0.25, 0.3) is 11.6 Å². The summed E-state index contributed by atoms with van der Waals surface area (Å²) in [7, 11) is 1.33. The van der Waals surface area contributed by atoms with Gasteiger partial charge in [-0.05, 0) is 43.7 Å². The largest absolute Gasteiger partial charge is 0.494 e. The summed E-state index contributed by atoms with van der Waals surface area (Å²) in [4.78, 5) is 34.9. The molecule has 1 atom stereocenters. The maximum absolute atomic E-state index is 12.4. The minimum atomic E-state index is -1.10. The second kappa shape index (κ2) is 10.8. The molecule has 30 heavy (non-hydrogen) atoms. The number of nitro groups is 1. The van der Waals surface area contributed by atoms with Crippen LogP contribution in [-0.2, 0) is 9.53 Å². The number of rotatable bonds is 10. The fourth-order valence-corrected chi connectivity index (χ4v) is 2.43. The molecule has 0 aliphatic carbocycles. The van der Waals surface area contributed by atoms with E-state index in [4.69, 9.17) is 14.2 Å². The SMILES string of the molecule is CCCCOc1ccc(C(=O)O[C@H](C)C(=O)Nc2ccc([N+](=O)[O-])cc2OC)cc1. The number of nitro benzene ring substituents is 1. The number of methoxy groups -OCH3 is 1. The molecule has 0 aliphatic rings. The summed E-state index contributed by atoms with van der Waals surface area (Å²) < 4.78 is 15.8. The Morgan fingerprint density at radius 3 is 2.47 bits per heavy atom. The molecule has 0 fully saturated rings. The van der Waals surface area contributed by atoms with Crippen LogP contribution in [0.3, 0.4) is 0 Å². The molecular formula is C21H24N2O7. The van der Waals surface area contributed by atoms with E-state index in [2.05, 4.69) is 12.2 Å². The Hall–Kier alpha value is -3.62. The third kappa shape index (κ3) is 6.20. The zero-order valence-corrected chi connectivity index (χ0v) is 17.0. The normalized spacial score (nSPS) is 11.3. The minimum Gasteiger partial charge on any atom is -0.494 e. The van der Waals surface area contributed by atoms with Crippen molar-refractivity contribution >= 4 is 23.3 Å². The smallest absolute Gasteiger partial charge is 0.338 e. The summed E-state index contributed by atoms with van der Waals surface area (Å²) in [5.41, 5.74) is 0.335. The van der Waals surface area contributed by atoms with E-state index >= 15 is 0 Å². The quantitative estimate of drug-likeness (QED) is 0.269. The molecule has 2 rings (SSSR count). The first-order chi connectivity index (χ1) is 14.3. The Labute approximate surface area is 174 Å². The molecule has 1 N–H and O–H groups in total. The molecule has 0 aliphatic heterocycles. The molecule has 2 aromatic rings. The van der Waals surface area contributed by atoms with Crippen molar-refractivity contribution in [2.75, 3.05) is 19.0 Å². The van der Waals surface area contributed by atoms with E-state index < -0.39 is 22.9 Å². The van der Waals surface area contributed by atoms with Gasteiger partial charge in [0, 0.05) is 6.07 Å². The lowest BCUT2D eigenvalue weighted by atomic mass is 10.2. The highest BCUT2D eigenvalue weighted by Gasteiger charge is 2.21. The summed E-state index contributed by atoms with van der Waals surface area (Å²) in [6.45, 7) is 4.09. The van der Waals surface area contributed by atoms with Gasteiger partial charge >= 0.3 is 5.97 Å². The van der Waals surface area contributed by atoms with E-state index in [9.17, 15) is 19.7 Å². The van der Waals surface area contributed by atoms with Crippen molar-refractivity contribution in [3.8, 4) is 11.5 Å². The number of hydrogen-bond donors (Lipinski definition) is 1. The molecule has 0 bridgehead atoms. The van der Waals surface area contributed by atoms with Gasteiger partial charge in [0.05, 0.1) is 36.0 Å². The van der Waals surface area contributed by atoms with E-state index in [1.165, 1.54) is 32.2 Å². The molecule has 9 nitrogen and oxygen atoms in total.